The summed E-state index contributed by atoms with van der Waals surface area (Å²) in [6.07, 6.45) is 1.38. The topological polar surface area (TPSA) is 63.1 Å². The van der Waals surface area contributed by atoms with Gasteiger partial charge in [0.2, 0.25) is 5.95 Å². The van der Waals surface area contributed by atoms with Gasteiger partial charge in [0, 0.05) is 47.9 Å². The average Bonchev–Trinajstić information content (AvgIpc) is 3.35. The quantitative estimate of drug-likeness (QED) is 0.665. The van der Waals surface area contributed by atoms with Gasteiger partial charge >= 0.3 is 0 Å². The van der Waals surface area contributed by atoms with Crippen LogP contribution in [0.15, 0.2) is 53.0 Å². The minimum atomic E-state index is -0.220. The number of rotatable bonds is 3. The fourth-order valence-electron chi connectivity index (χ4n) is 4.35. The highest BCUT2D eigenvalue weighted by Crippen LogP contribution is 2.46. The van der Waals surface area contributed by atoms with Gasteiger partial charge in [-0.1, -0.05) is 19.9 Å². The summed E-state index contributed by atoms with van der Waals surface area (Å²) in [5.74, 6) is 1.56. The Labute approximate surface area is 180 Å². The van der Waals surface area contributed by atoms with Gasteiger partial charge in [-0.25, -0.2) is 4.68 Å². The van der Waals surface area contributed by atoms with E-state index in [0.29, 0.717) is 18.2 Å². The number of carbonyl (C=O) groups is 1. The third-order valence-electron chi connectivity index (χ3n) is 5.79. The number of allylic oxidation sites excluding steroid dienone is 2. The van der Waals surface area contributed by atoms with Crippen LogP contribution >= 0.6 is 11.3 Å². The summed E-state index contributed by atoms with van der Waals surface area (Å²) in [4.78, 5) is 21.2. The number of anilines is 2. The number of nitrogens with zero attached hydrogens (tertiary/aromatic N) is 4. The Balaban J connectivity index is 1.61. The first-order chi connectivity index (χ1) is 14.3. The van der Waals surface area contributed by atoms with Crippen LogP contribution in [0.25, 0.3) is 11.4 Å². The van der Waals surface area contributed by atoms with Crippen molar-refractivity contribution in [1.82, 2.24) is 14.8 Å². The second-order valence-corrected chi connectivity index (χ2v) is 10.0. The van der Waals surface area contributed by atoms with Crippen molar-refractivity contribution in [3.8, 4) is 11.4 Å². The number of ketones is 1. The molecular weight excluding hydrogens is 394 g/mol. The molecule has 7 heteroatoms. The third kappa shape index (κ3) is 3.13. The van der Waals surface area contributed by atoms with E-state index >= 15 is 0 Å². The normalized spacial score (nSPS) is 19.9. The van der Waals surface area contributed by atoms with Gasteiger partial charge in [-0.05, 0) is 47.5 Å². The van der Waals surface area contributed by atoms with E-state index in [0.717, 1.165) is 33.8 Å². The standard InChI is InChI=1S/C23H25N5OS/c1-23(2)12-16-19(17(29)13-23)20(18-6-5-11-30-18)28-22(24-16)25-21(26-28)14-7-9-15(10-8-14)27(3)4/h5-11,20H,12-13H2,1-4H3,(H,24,25,26). The number of hydrogen-bond acceptors (Lipinski definition) is 6. The van der Waals surface area contributed by atoms with Crippen LogP contribution < -0.4 is 10.2 Å². The Morgan fingerprint density at radius 3 is 2.60 bits per heavy atom. The summed E-state index contributed by atoms with van der Waals surface area (Å²) in [6, 6.07) is 12.1. The summed E-state index contributed by atoms with van der Waals surface area (Å²) in [6.45, 7) is 4.29. The third-order valence-corrected chi connectivity index (χ3v) is 6.71. The predicted molar refractivity (Wildman–Crippen MR) is 121 cm³/mol. The maximum atomic E-state index is 13.2. The molecule has 1 aromatic carbocycles. The smallest absolute Gasteiger partial charge is 0.226 e. The van der Waals surface area contributed by atoms with Crippen LogP contribution in [0.3, 0.4) is 0 Å². The SMILES string of the molecule is CN(C)c1ccc(-c2nc3n(n2)C(c2cccs2)C2=C(CC(C)(C)CC2=O)N3)cc1. The molecular formula is C23H25N5OS. The van der Waals surface area contributed by atoms with Gasteiger partial charge in [-0.3, -0.25) is 4.79 Å². The first-order valence-corrected chi connectivity index (χ1v) is 11.0. The Bertz CT molecular complexity index is 1140. The zero-order chi connectivity index (χ0) is 21.0. The van der Waals surface area contributed by atoms with Crippen molar-refractivity contribution in [3.05, 3.63) is 57.9 Å². The van der Waals surface area contributed by atoms with Gasteiger partial charge in [-0.2, -0.15) is 4.98 Å². The number of fused-ring (bicyclic) bond motifs is 1. The molecule has 3 heterocycles. The summed E-state index contributed by atoms with van der Waals surface area (Å²) in [5.41, 5.74) is 3.85. The molecule has 30 heavy (non-hydrogen) atoms. The van der Waals surface area contributed by atoms with Crippen LogP contribution in [0, 0.1) is 5.41 Å². The van der Waals surface area contributed by atoms with E-state index in [1.807, 2.05) is 42.4 Å². The summed E-state index contributed by atoms with van der Waals surface area (Å²) in [5, 5.41) is 10.3. The molecule has 1 aliphatic heterocycles. The highest BCUT2D eigenvalue weighted by molar-refractivity contribution is 7.10. The lowest BCUT2D eigenvalue weighted by molar-refractivity contribution is -0.118. The maximum Gasteiger partial charge on any atom is 0.226 e. The van der Waals surface area contributed by atoms with E-state index in [4.69, 9.17) is 10.1 Å². The second kappa shape index (κ2) is 6.80. The van der Waals surface area contributed by atoms with Crippen molar-refractivity contribution in [2.45, 2.75) is 32.7 Å². The number of aromatic nitrogens is 3. The van der Waals surface area contributed by atoms with Crippen molar-refractivity contribution in [2.75, 3.05) is 24.3 Å². The number of hydrogen-bond donors (Lipinski definition) is 1. The van der Waals surface area contributed by atoms with Crippen LogP contribution in [0.4, 0.5) is 11.6 Å². The molecule has 0 saturated carbocycles. The van der Waals surface area contributed by atoms with E-state index in [2.05, 4.69) is 42.3 Å². The average molecular weight is 420 g/mol. The van der Waals surface area contributed by atoms with Crippen molar-refractivity contribution in [3.63, 3.8) is 0 Å². The highest BCUT2D eigenvalue weighted by atomic mass is 32.1. The second-order valence-electron chi connectivity index (χ2n) is 9.02. The molecule has 154 valence electrons. The highest BCUT2D eigenvalue weighted by Gasteiger charge is 2.42. The molecule has 0 fully saturated rings. The molecule has 6 nitrogen and oxygen atoms in total. The summed E-state index contributed by atoms with van der Waals surface area (Å²) in [7, 11) is 4.04. The fourth-order valence-corrected chi connectivity index (χ4v) is 5.17. The van der Waals surface area contributed by atoms with Crippen LogP contribution in [0.1, 0.15) is 37.6 Å². The first kappa shape index (κ1) is 19.1. The fraction of sp³-hybridized carbons (Fsp3) is 0.348. The predicted octanol–water partition coefficient (Wildman–Crippen LogP) is 4.73. The molecule has 0 saturated heterocycles. The lowest BCUT2D eigenvalue weighted by atomic mass is 9.73. The van der Waals surface area contributed by atoms with Crippen LogP contribution in [-0.2, 0) is 4.79 Å². The van der Waals surface area contributed by atoms with Crippen LogP contribution in [-0.4, -0.2) is 34.6 Å². The number of thiophene rings is 1. The van der Waals surface area contributed by atoms with Crippen molar-refractivity contribution in [2.24, 2.45) is 5.41 Å². The van der Waals surface area contributed by atoms with E-state index in [1.165, 1.54) is 0 Å². The minimum absolute atomic E-state index is 0.0596. The van der Waals surface area contributed by atoms with Gasteiger partial charge in [0.25, 0.3) is 0 Å². The number of carbonyl (C=O) groups excluding carboxylic acids is 1. The number of nitrogens with one attached hydrogen (secondary N) is 1. The van der Waals surface area contributed by atoms with E-state index in [9.17, 15) is 4.79 Å². The van der Waals surface area contributed by atoms with Gasteiger partial charge in [0.15, 0.2) is 11.6 Å². The number of Topliss-reactive ketones (excluding diaryl/α,β-unsaturated/α-hetero) is 1. The lowest BCUT2D eigenvalue weighted by Gasteiger charge is -2.37. The van der Waals surface area contributed by atoms with Gasteiger partial charge < -0.3 is 10.2 Å². The monoisotopic (exact) mass is 419 g/mol. The molecule has 1 aliphatic carbocycles. The van der Waals surface area contributed by atoms with Crippen molar-refractivity contribution < 1.29 is 4.79 Å². The number of benzene rings is 1. The largest absolute Gasteiger partial charge is 0.378 e. The molecule has 0 radical (unpaired) electrons. The molecule has 1 atom stereocenters. The zero-order valence-electron chi connectivity index (χ0n) is 17.6. The lowest BCUT2D eigenvalue weighted by Crippen LogP contribution is -2.36. The van der Waals surface area contributed by atoms with Crippen LogP contribution in [0.5, 0.6) is 0 Å². The Hall–Kier alpha value is -2.93. The first-order valence-electron chi connectivity index (χ1n) is 10.1. The maximum absolute atomic E-state index is 13.2. The van der Waals surface area contributed by atoms with E-state index in [1.54, 1.807) is 11.3 Å². The van der Waals surface area contributed by atoms with Gasteiger partial charge in [0.1, 0.15) is 6.04 Å². The molecule has 3 aromatic rings. The Morgan fingerprint density at radius 1 is 1.17 bits per heavy atom. The Kier molecular flexibility index (Phi) is 4.32. The van der Waals surface area contributed by atoms with Crippen LogP contribution in [0.2, 0.25) is 0 Å². The molecule has 0 bridgehead atoms. The molecule has 2 aliphatic rings. The summed E-state index contributed by atoms with van der Waals surface area (Å²) >= 11 is 1.65. The molecule has 0 amide bonds. The summed E-state index contributed by atoms with van der Waals surface area (Å²) < 4.78 is 1.88. The minimum Gasteiger partial charge on any atom is -0.378 e. The van der Waals surface area contributed by atoms with E-state index in [-0.39, 0.29) is 17.2 Å². The van der Waals surface area contributed by atoms with E-state index < -0.39 is 0 Å². The molecule has 2 aromatic heterocycles. The van der Waals surface area contributed by atoms with Gasteiger partial charge in [-0.15, -0.1) is 16.4 Å². The Morgan fingerprint density at radius 2 is 1.93 bits per heavy atom. The van der Waals surface area contributed by atoms with Gasteiger partial charge in [0.05, 0.1) is 0 Å². The zero-order valence-corrected chi connectivity index (χ0v) is 18.5. The molecule has 1 N–H and O–H groups in total. The van der Waals surface area contributed by atoms with Crippen molar-refractivity contribution in [1.29, 1.82) is 0 Å². The van der Waals surface area contributed by atoms with Crippen molar-refractivity contribution >= 4 is 28.8 Å². The molecule has 1 unspecified atom stereocenters. The molecule has 5 rings (SSSR count). The molecule has 0 spiro atoms.